The molecule has 5 heteroatoms. The molecule has 5 rings (SSSR count). The van der Waals surface area contributed by atoms with E-state index in [4.69, 9.17) is 9.47 Å². The Labute approximate surface area is 158 Å². The Hall–Kier alpha value is -0.200. The lowest BCUT2D eigenvalue weighted by molar-refractivity contribution is -0.982. The maximum absolute atomic E-state index is 6.75. The summed E-state index contributed by atoms with van der Waals surface area (Å²) in [6, 6.07) is 1.49. The van der Waals surface area contributed by atoms with Gasteiger partial charge in [-0.05, 0) is 51.9 Å². The van der Waals surface area contributed by atoms with Gasteiger partial charge in [-0.1, -0.05) is 13.3 Å². The molecule has 5 heterocycles. The number of quaternary nitrogens is 1. The standard InChI is InChI=1S/C21H37N3O2/c1-3-6-18-8-5-12-21(26-18)14-17-10-9-16-13-20(11-4-7-15(2)25-20)22-19(23-21)24(16)17/h15-19,22-23H,3-14H2,1-2H3/p+1. The number of rotatable bonds is 2. The molecule has 0 bridgehead atoms. The van der Waals surface area contributed by atoms with Crippen molar-refractivity contribution in [1.82, 2.24) is 10.6 Å². The van der Waals surface area contributed by atoms with Gasteiger partial charge in [0.2, 0.25) is 6.29 Å². The van der Waals surface area contributed by atoms with E-state index < -0.39 is 0 Å². The number of hydrogen-bond donors (Lipinski definition) is 3. The smallest absolute Gasteiger partial charge is 0.203 e. The Kier molecular flexibility index (Phi) is 4.60. The molecule has 0 aromatic heterocycles. The second-order valence-corrected chi connectivity index (χ2v) is 9.83. The molecular formula is C21H38N3O2+. The first-order chi connectivity index (χ1) is 12.6. The van der Waals surface area contributed by atoms with E-state index in [2.05, 4.69) is 24.5 Å². The van der Waals surface area contributed by atoms with Crippen LogP contribution < -0.4 is 15.5 Å². The summed E-state index contributed by atoms with van der Waals surface area (Å²) in [6.07, 6.45) is 16.0. The SMILES string of the molecule is CCCC1CCCC2(CC3CCC4CC5(CCCC(C)O5)NC(N2)[NH+]43)O1. The molecule has 8 atom stereocenters. The third-order valence-corrected chi connectivity index (χ3v) is 7.83. The molecule has 5 saturated heterocycles. The molecule has 2 spiro atoms. The predicted molar refractivity (Wildman–Crippen MR) is 101 cm³/mol. The molecule has 5 fully saturated rings. The lowest BCUT2D eigenvalue weighted by Crippen LogP contribution is -3.27. The molecule has 0 aromatic rings. The zero-order valence-corrected chi connectivity index (χ0v) is 16.7. The molecule has 5 aliphatic heterocycles. The third kappa shape index (κ3) is 3.04. The van der Waals surface area contributed by atoms with Crippen molar-refractivity contribution in [2.75, 3.05) is 0 Å². The van der Waals surface area contributed by atoms with Crippen LogP contribution in [-0.4, -0.2) is 42.0 Å². The highest BCUT2D eigenvalue weighted by molar-refractivity contribution is 4.98. The highest BCUT2D eigenvalue weighted by atomic mass is 16.5. The van der Waals surface area contributed by atoms with Crippen LogP contribution in [0.3, 0.4) is 0 Å². The fraction of sp³-hybridized carbons (Fsp3) is 1.00. The van der Waals surface area contributed by atoms with Crippen LogP contribution in [0.25, 0.3) is 0 Å². The number of ether oxygens (including phenoxy) is 2. The molecule has 0 saturated carbocycles. The van der Waals surface area contributed by atoms with Crippen LogP contribution in [0.15, 0.2) is 0 Å². The molecule has 8 unspecified atom stereocenters. The zero-order valence-electron chi connectivity index (χ0n) is 16.7. The summed E-state index contributed by atoms with van der Waals surface area (Å²) in [5.74, 6) is 0. The first kappa shape index (κ1) is 17.9. The van der Waals surface area contributed by atoms with Gasteiger partial charge >= 0.3 is 0 Å². The topological polar surface area (TPSA) is 47.0 Å². The van der Waals surface area contributed by atoms with E-state index in [1.54, 1.807) is 4.90 Å². The van der Waals surface area contributed by atoms with Crippen molar-refractivity contribution >= 4 is 0 Å². The van der Waals surface area contributed by atoms with Crippen molar-refractivity contribution in [2.24, 2.45) is 0 Å². The van der Waals surface area contributed by atoms with Crippen molar-refractivity contribution in [3.63, 3.8) is 0 Å². The van der Waals surface area contributed by atoms with Gasteiger partial charge in [0.15, 0.2) is 0 Å². The third-order valence-electron chi connectivity index (χ3n) is 7.83. The van der Waals surface area contributed by atoms with Gasteiger partial charge in [-0.15, -0.1) is 0 Å². The van der Waals surface area contributed by atoms with Gasteiger partial charge < -0.3 is 14.4 Å². The van der Waals surface area contributed by atoms with Gasteiger partial charge in [-0.25, -0.2) is 10.6 Å². The van der Waals surface area contributed by atoms with Crippen LogP contribution in [-0.2, 0) is 9.47 Å². The number of nitrogens with one attached hydrogen (secondary N) is 3. The summed E-state index contributed by atoms with van der Waals surface area (Å²) >= 11 is 0. The lowest BCUT2D eigenvalue weighted by Gasteiger charge is -2.57. The molecule has 0 amide bonds. The van der Waals surface area contributed by atoms with E-state index in [0.29, 0.717) is 18.5 Å². The van der Waals surface area contributed by atoms with Gasteiger partial charge in [-0.2, -0.15) is 0 Å². The van der Waals surface area contributed by atoms with Crippen LogP contribution in [0.1, 0.15) is 90.9 Å². The van der Waals surface area contributed by atoms with Crippen molar-refractivity contribution in [3.05, 3.63) is 0 Å². The second kappa shape index (κ2) is 6.70. The fourth-order valence-corrected chi connectivity index (χ4v) is 6.89. The van der Waals surface area contributed by atoms with Crippen molar-refractivity contribution in [3.8, 4) is 0 Å². The summed E-state index contributed by atoms with van der Waals surface area (Å²) in [7, 11) is 0. The summed E-state index contributed by atoms with van der Waals surface area (Å²) in [4.78, 5) is 1.75. The summed E-state index contributed by atoms with van der Waals surface area (Å²) < 4.78 is 13.3. The van der Waals surface area contributed by atoms with Crippen LogP contribution in [0.2, 0.25) is 0 Å². The molecule has 26 heavy (non-hydrogen) atoms. The molecule has 5 aliphatic rings. The van der Waals surface area contributed by atoms with Crippen LogP contribution in [0.5, 0.6) is 0 Å². The van der Waals surface area contributed by atoms with Crippen molar-refractivity contribution in [2.45, 2.75) is 133 Å². The van der Waals surface area contributed by atoms with E-state index in [0.717, 1.165) is 18.5 Å². The average molecular weight is 365 g/mol. The van der Waals surface area contributed by atoms with Gasteiger partial charge in [0.1, 0.15) is 11.4 Å². The minimum atomic E-state index is -0.103. The summed E-state index contributed by atoms with van der Waals surface area (Å²) in [5, 5.41) is 7.97. The minimum absolute atomic E-state index is 0.0996. The minimum Gasteiger partial charge on any atom is -0.357 e. The Morgan fingerprint density at radius 1 is 0.923 bits per heavy atom. The molecule has 0 radical (unpaired) electrons. The lowest BCUT2D eigenvalue weighted by atomic mass is 9.87. The number of hydrogen-bond acceptors (Lipinski definition) is 4. The van der Waals surface area contributed by atoms with E-state index in [1.165, 1.54) is 70.6 Å². The quantitative estimate of drug-likeness (QED) is 0.702. The molecule has 0 aromatic carbocycles. The molecule has 3 N–H and O–H groups in total. The van der Waals surface area contributed by atoms with Crippen LogP contribution in [0, 0.1) is 0 Å². The molecule has 148 valence electrons. The fourth-order valence-electron chi connectivity index (χ4n) is 6.89. The van der Waals surface area contributed by atoms with E-state index in [1.807, 2.05) is 0 Å². The van der Waals surface area contributed by atoms with Gasteiger partial charge in [0.25, 0.3) is 0 Å². The predicted octanol–water partition coefficient (Wildman–Crippen LogP) is 2.02. The molecular weight excluding hydrogens is 326 g/mol. The Bertz CT molecular complexity index is 529. The Morgan fingerprint density at radius 2 is 1.58 bits per heavy atom. The van der Waals surface area contributed by atoms with Crippen LogP contribution >= 0.6 is 0 Å². The maximum Gasteiger partial charge on any atom is 0.203 e. The van der Waals surface area contributed by atoms with Crippen molar-refractivity contribution < 1.29 is 14.4 Å². The average Bonchev–Trinajstić information content (AvgIpc) is 2.97. The molecule has 0 aliphatic carbocycles. The normalized spacial score (nSPS) is 53.8. The van der Waals surface area contributed by atoms with E-state index >= 15 is 0 Å². The first-order valence-corrected chi connectivity index (χ1v) is 11.4. The Morgan fingerprint density at radius 3 is 2.23 bits per heavy atom. The second-order valence-electron chi connectivity index (χ2n) is 9.83. The highest BCUT2D eigenvalue weighted by Crippen LogP contribution is 2.39. The maximum atomic E-state index is 6.75. The Balaban J connectivity index is 1.37. The molecule has 5 nitrogen and oxygen atoms in total. The highest BCUT2D eigenvalue weighted by Gasteiger charge is 2.60. The van der Waals surface area contributed by atoms with Gasteiger partial charge in [0.05, 0.1) is 24.3 Å². The van der Waals surface area contributed by atoms with Crippen LogP contribution in [0.4, 0.5) is 0 Å². The van der Waals surface area contributed by atoms with Crippen molar-refractivity contribution in [1.29, 1.82) is 0 Å². The van der Waals surface area contributed by atoms with Gasteiger partial charge in [-0.3, -0.25) is 0 Å². The zero-order chi connectivity index (χ0) is 17.8. The largest absolute Gasteiger partial charge is 0.357 e. The van der Waals surface area contributed by atoms with Gasteiger partial charge in [0, 0.05) is 25.7 Å². The monoisotopic (exact) mass is 364 g/mol. The summed E-state index contributed by atoms with van der Waals surface area (Å²) in [6.45, 7) is 4.52. The van der Waals surface area contributed by atoms with E-state index in [9.17, 15) is 0 Å². The summed E-state index contributed by atoms with van der Waals surface area (Å²) in [5.41, 5.74) is -0.202. The first-order valence-electron chi connectivity index (χ1n) is 11.4. The van der Waals surface area contributed by atoms with E-state index in [-0.39, 0.29) is 11.4 Å².